The van der Waals surface area contributed by atoms with Gasteiger partial charge in [-0.3, -0.25) is 4.79 Å². The molecule has 0 aromatic heterocycles. The van der Waals surface area contributed by atoms with Crippen molar-refractivity contribution in [1.29, 1.82) is 0 Å². The van der Waals surface area contributed by atoms with E-state index in [1.54, 1.807) is 4.90 Å². The third-order valence-electron chi connectivity index (χ3n) is 4.67. The van der Waals surface area contributed by atoms with E-state index in [4.69, 9.17) is 17.3 Å². The first-order chi connectivity index (χ1) is 10.0. The third-order valence-corrected chi connectivity index (χ3v) is 5.01. The second-order valence-corrected chi connectivity index (χ2v) is 6.46. The van der Waals surface area contributed by atoms with Gasteiger partial charge in [-0.2, -0.15) is 0 Å². The number of carbonyl (C=O) groups excluding carboxylic acids is 1. The molecule has 0 heterocycles. The number of nitrogens with two attached hydrogens (primary N) is 1. The first kappa shape index (κ1) is 16.3. The number of hydrogen-bond acceptors (Lipinski definition) is 2. The number of amides is 1. The van der Waals surface area contributed by atoms with Crippen LogP contribution in [0.4, 0.5) is 0 Å². The quantitative estimate of drug-likeness (QED) is 0.864. The Kier molecular flexibility index (Phi) is 5.65. The van der Waals surface area contributed by atoms with Gasteiger partial charge in [-0.15, -0.1) is 0 Å². The molecule has 21 heavy (non-hydrogen) atoms. The Balaban J connectivity index is 2.12. The summed E-state index contributed by atoms with van der Waals surface area (Å²) in [7, 11) is 1.86. The molecule has 0 bridgehead atoms. The van der Waals surface area contributed by atoms with Gasteiger partial charge >= 0.3 is 0 Å². The molecule has 3 atom stereocenters. The second kappa shape index (κ2) is 7.28. The monoisotopic (exact) mass is 308 g/mol. The Morgan fingerprint density at radius 3 is 2.67 bits per heavy atom. The molecule has 1 aromatic rings. The fourth-order valence-corrected chi connectivity index (χ4v) is 3.41. The van der Waals surface area contributed by atoms with Crippen LogP contribution in [0, 0.1) is 5.92 Å². The zero-order valence-electron chi connectivity index (χ0n) is 12.9. The Morgan fingerprint density at radius 2 is 1.95 bits per heavy atom. The SMILES string of the molecule is CC(c1ccccc1Cl)N(C)C(=O)C1CCCCCC1N. The predicted molar refractivity (Wildman–Crippen MR) is 87.2 cm³/mol. The van der Waals surface area contributed by atoms with E-state index in [-0.39, 0.29) is 23.9 Å². The minimum absolute atomic E-state index is 0.0131. The summed E-state index contributed by atoms with van der Waals surface area (Å²) in [4.78, 5) is 14.6. The molecular formula is C17H25ClN2O. The zero-order valence-corrected chi connectivity index (χ0v) is 13.6. The normalized spacial score (nSPS) is 24.2. The van der Waals surface area contributed by atoms with E-state index in [2.05, 4.69) is 0 Å². The molecule has 2 rings (SSSR count). The molecule has 4 heteroatoms. The lowest BCUT2D eigenvalue weighted by Crippen LogP contribution is -2.43. The summed E-state index contributed by atoms with van der Waals surface area (Å²) in [5.74, 6) is 0.0965. The van der Waals surface area contributed by atoms with E-state index in [9.17, 15) is 4.79 Å². The molecule has 0 aliphatic heterocycles. The molecule has 2 N–H and O–H groups in total. The van der Waals surface area contributed by atoms with E-state index in [0.717, 1.165) is 31.2 Å². The Hall–Kier alpha value is -1.06. The van der Waals surface area contributed by atoms with Gasteiger partial charge in [-0.25, -0.2) is 0 Å². The van der Waals surface area contributed by atoms with Crippen molar-refractivity contribution in [2.24, 2.45) is 11.7 Å². The molecule has 1 saturated carbocycles. The van der Waals surface area contributed by atoms with Gasteiger partial charge in [0, 0.05) is 18.1 Å². The highest BCUT2D eigenvalue weighted by molar-refractivity contribution is 6.31. The number of rotatable bonds is 3. The summed E-state index contributed by atoms with van der Waals surface area (Å²) < 4.78 is 0. The van der Waals surface area contributed by atoms with Gasteiger partial charge < -0.3 is 10.6 Å². The smallest absolute Gasteiger partial charge is 0.227 e. The van der Waals surface area contributed by atoms with Gasteiger partial charge in [-0.1, -0.05) is 49.1 Å². The van der Waals surface area contributed by atoms with Crippen LogP contribution in [-0.2, 0) is 4.79 Å². The first-order valence-corrected chi connectivity index (χ1v) is 8.17. The molecule has 116 valence electrons. The van der Waals surface area contributed by atoms with Crippen molar-refractivity contribution in [3.05, 3.63) is 34.9 Å². The first-order valence-electron chi connectivity index (χ1n) is 7.79. The van der Waals surface area contributed by atoms with Crippen molar-refractivity contribution in [3.63, 3.8) is 0 Å². The molecule has 1 aliphatic carbocycles. The summed E-state index contributed by atoms with van der Waals surface area (Å²) >= 11 is 6.25. The van der Waals surface area contributed by atoms with Crippen molar-refractivity contribution in [2.75, 3.05) is 7.05 Å². The molecule has 0 saturated heterocycles. The molecule has 1 aromatic carbocycles. The van der Waals surface area contributed by atoms with Crippen LogP contribution in [0.15, 0.2) is 24.3 Å². The van der Waals surface area contributed by atoms with E-state index >= 15 is 0 Å². The van der Waals surface area contributed by atoms with Crippen LogP contribution in [0.3, 0.4) is 0 Å². The van der Waals surface area contributed by atoms with Crippen molar-refractivity contribution in [3.8, 4) is 0 Å². The van der Waals surface area contributed by atoms with Crippen LogP contribution < -0.4 is 5.73 Å². The number of hydrogen-bond donors (Lipinski definition) is 1. The van der Waals surface area contributed by atoms with Crippen LogP contribution in [0.5, 0.6) is 0 Å². The maximum Gasteiger partial charge on any atom is 0.227 e. The zero-order chi connectivity index (χ0) is 15.4. The standard InChI is InChI=1S/C17H25ClN2O/c1-12(13-8-6-7-10-15(13)18)20(2)17(21)14-9-4-3-5-11-16(14)19/h6-8,10,12,14,16H,3-5,9,11,19H2,1-2H3. The molecule has 3 unspecified atom stereocenters. The van der Waals surface area contributed by atoms with Crippen molar-refractivity contribution < 1.29 is 4.79 Å². The summed E-state index contributed by atoms with van der Waals surface area (Å²) in [6.45, 7) is 2.02. The lowest BCUT2D eigenvalue weighted by molar-refractivity contribution is -0.137. The average molecular weight is 309 g/mol. The van der Waals surface area contributed by atoms with Crippen LogP contribution in [0.2, 0.25) is 5.02 Å². The highest BCUT2D eigenvalue weighted by Crippen LogP contribution is 2.30. The van der Waals surface area contributed by atoms with Crippen LogP contribution >= 0.6 is 11.6 Å². The summed E-state index contributed by atoms with van der Waals surface area (Å²) in [6.07, 6.45) is 5.26. The topological polar surface area (TPSA) is 46.3 Å². The van der Waals surface area contributed by atoms with Crippen LogP contribution in [0.1, 0.15) is 50.6 Å². The summed E-state index contributed by atoms with van der Waals surface area (Å²) in [6, 6.07) is 7.64. The minimum atomic E-state index is -0.0533. The molecule has 0 radical (unpaired) electrons. The molecule has 1 aliphatic rings. The largest absolute Gasteiger partial charge is 0.339 e. The number of carbonyl (C=O) groups is 1. The minimum Gasteiger partial charge on any atom is -0.339 e. The lowest BCUT2D eigenvalue weighted by Gasteiger charge is -2.31. The summed E-state index contributed by atoms with van der Waals surface area (Å²) in [5, 5.41) is 0.704. The van der Waals surface area contributed by atoms with Gasteiger partial charge in [0.25, 0.3) is 0 Å². The van der Waals surface area contributed by atoms with E-state index < -0.39 is 0 Å². The van der Waals surface area contributed by atoms with Gasteiger partial charge in [0.2, 0.25) is 5.91 Å². The lowest BCUT2D eigenvalue weighted by atomic mass is 9.93. The van der Waals surface area contributed by atoms with E-state index in [0.29, 0.717) is 5.02 Å². The van der Waals surface area contributed by atoms with Gasteiger partial charge in [-0.05, 0) is 31.4 Å². The molecular weight excluding hydrogens is 284 g/mol. The number of nitrogens with zero attached hydrogens (tertiary/aromatic N) is 1. The van der Waals surface area contributed by atoms with Crippen molar-refractivity contribution in [1.82, 2.24) is 4.90 Å². The fraction of sp³-hybridized carbons (Fsp3) is 0.588. The van der Waals surface area contributed by atoms with Crippen molar-refractivity contribution in [2.45, 2.75) is 51.1 Å². The van der Waals surface area contributed by atoms with Gasteiger partial charge in [0.1, 0.15) is 0 Å². The highest BCUT2D eigenvalue weighted by Gasteiger charge is 2.31. The molecule has 0 spiro atoms. The Labute approximate surface area is 132 Å². The molecule has 1 fully saturated rings. The Morgan fingerprint density at radius 1 is 1.29 bits per heavy atom. The average Bonchev–Trinajstić information content (AvgIpc) is 2.70. The third kappa shape index (κ3) is 3.78. The van der Waals surface area contributed by atoms with Crippen molar-refractivity contribution >= 4 is 17.5 Å². The Bertz CT molecular complexity index is 491. The second-order valence-electron chi connectivity index (χ2n) is 6.05. The van der Waals surface area contributed by atoms with Crippen LogP contribution in [0.25, 0.3) is 0 Å². The summed E-state index contributed by atoms with van der Waals surface area (Å²) in [5.41, 5.74) is 7.20. The number of benzene rings is 1. The molecule has 3 nitrogen and oxygen atoms in total. The maximum atomic E-state index is 12.8. The highest BCUT2D eigenvalue weighted by atomic mass is 35.5. The number of halogens is 1. The van der Waals surface area contributed by atoms with E-state index in [1.165, 1.54) is 6.42 Å². The predicted octanol–water partition coefficient (Wildman–Crippen LogP) is 3.77. The van der Waals surface area contributed by atoms with Crippen LogP contribution in [-0.4, -0.2) is 23.9 Å². The maximum absolute atomic E-state index is 12.8. The molecule has 1 amide bonds. The van der Waals surface area contributed by atoms with E-state index in [1.807, 2.05) is 38.2 Å². The van der Waals surface area contributed by atoms with Gasteiger partial charge in [0.05, 0.1) is 12.0 Å². The fourth-order valence-electron chi connectivity index (χ4n) is 3.12. The van der Waals surface area contributed by atoms with Gasteiger partial charge in [0.15, 0.2) is 0 Å².